The summed E-state index contributed by atoms with van der Waals surface area (Å²) >= 11 is 3.41. The van der Waals surface area contributed by atoms with E-state index in [0.717, 1.165) is 15.2 Å². The number of carbonyl (C=O) groups is 2. The van der Waals surface area contributed by atoms with Crippen LogP contribution in [0.15, 0.2) is 40.9 Å². The molecule has 0 fully saturated rings. The van der Waals surface area contributed by atoms with E-state index < -0.39 is 11.9 Å². The minimum Gasteiger partial charge on any atom is -0.481 e. The average molecular weight is 350 g/mol. The van der Waals surface area contributed by atoms with Crippen LogP contribution >= 0.6 is 15.9 Å². The van der Waals surface area contributed by atoms with E-state index in [9.17, 15) is 9.59 Å². The van der Waals surface area contributed by atoms with Crippen LogP contribution in [0.5, 0.6) is 0 Å². The highest BCUT2D eigenvalue weighted by Gasteiger charge is 2.20. The van der Waals surface area contributed by atoms with Crippen molar-refractivity contribution in [2.75, 3.05) is 13.6 Å². The fourth-order valence-electron chi connectivity index (χ4n) is 2.23. The van der Waals surface area contributed by atoms with E-state index in [1.807, 2.05) is 30.3 Å². The number of hydrogen-bond acceptors (Lipinski definition) is 2. The topological polar surface area (TPSA) is 57.6 Å². The molecule has 2 aromatic rings. The Morgan fingerprint density at radius 3 is 2.62 bits per heavy atom. The minimum atomic E-state index is -0.909. The van der Waals surface area contributed by atoms with Gasteiger partial charge in [0, 0.05) is 23.6 Å². The predicted molar refractivity (Wildman–Crippen MR) is 85.4 cm³/mol. The van der Waals surface area contributed by atoms with Gasteiger partial charge in [-0.25, -0.2) is 0 Å². The molecule has 0 aromatic heterocycles. The molecule has 1 amide bonds. The highest BCUT2D eigenvalue weighted by atomic mass is 79.9. The van der Waals surface area contributed by atoms with Crippen molar-refractivity contribution in [2.45, 2.75) is 6.92 Å². The Balaban J connectivity index is 2.37. The molecule has 2 rings (SSSR count). The third-order valence-corrected chi connectivity index (χ3v) is 3.83. The Labute approximate surface area is 131 Å². The van der Waals surface area contributed by atoms with Gasteiger partial charge in [-0.3, -0.25) is 9.59 Å². The zero-order valence-corrected chi connectivity index (χ0v) is 13.4. The Kier molecular flexibility index (Phi) is 4.63. The Morgan fingerprint density at radius 1 is 1.29 bits per heavy atom. The van der Waals surface area contributed by atoms with Gasteiger partial charge in [-0.05, 0) is 22.9 Å². The van der Waals surface area contributed by atoms with Crippen LogP contribution in [0.25, 0.3) is 10.8 Å². The molecular formula is C16H16BrNO3. The number of carboxylic acid groups (broad SMARTS) is 1. The monoisotopic (exact) mass is 349 g/mol. The zero-order chi connectivity index (χ0) is 15.6. The maximum absolute atomic E-state index is 12.6. The van der Waals surface area contributed by atoms with Crippen LogP contribution in [0.3, 0.4) is 0 Å². The third-order valence-electron chi connectivity index (χ3n) is 3.37. The van der Waals surface area contributed by atoms with E-state index in [2.05, 4.69) is 15.9 Å². The number of halogens is 1. The minimum absolute atomic E-state index is 0.176. The summed E-state index contributed by atoms with van der Waals surface area (Å²) in [6.45, 7) is 1.76. The van der Waals surface area contributed by atoms with Gasteiger partial charge in [0.15, 0.2) is 0 Å². The maximum Gasteiger partial charge on any atom is 0.308 e. The lowest BCUT2D eigenvalue weighted by atomic mass is 10.0. The number of rotatable bonds is 4. The van der Waals surface area contributed by atoms with Crippen LogP contribution in [0, 0.1) is 5.92 Å². The quantitative estimate of drug-likeness (QED) is 0.920. The number of amides is 1. The van der Waals surface area contributed by atoms with Crippen molar-refractivity contribution in [3.05, 3.63) is 46.4 Å². The predicted octanol–water partition coefficient (Wildman–Crippen LogP) is 3.40. The van der Waals surface area contributed by atoms with Crippen molar-refractivity contribution in [2.24, 2.45) is 5.92 Å². The number of fused-ring (bicyclic) bond motifs is 1. The highest BCUT2D eigenvalue weighted by molar-refractivity contribution is 9.10. The van der Waals surface area contributed by atoms with Crippen LogP contribution < -0.4 is 0 Å². The molecule has 4 nitrogen and oxygen atoms in total. The first-order valence-electron chi connectivity index (χ1n) is 6.56. The number of benzene rings is 2. The largest absolute Gasteiger partial charge is 0.481 e. The van der Waals surface area contributed by atoms with Crippen LogP contribution in [0.2, 0.25) is 0 Å². The first-order valence-corrected chi connectivity index (χ1v) is 7.36. The Morgan fingerprint density at radius 2 is 1.95 bits per heavy atom. The number of hydrogen-bond donors (Lipinski definition) is 1. The lowest BCUT2D eigenvalue weighted by Crippen LogP contribution is -2.33. The van der Waals surface area contributed by atoms with Crippen molar-refractivity contribution in [1.82, 2.24) is 4.90 Å². The molecule has 1 N–H and O–H groups in total. The van der Waals surface area contributed by atoms with E-state index in [1.54, 1.807) is 20.0 Å². The Bertz CT molecular complexity index is 699. The molecule has 1 unspecified atom stereocenters. The van der Waals surface area contributed by atoms with Crippen molar-refractivity contribution >= 4 is 38.6 Å². The molecule has 0 radical (unpaired) electrons. The normalized spacial score (nSPS) is 12.1. The van der Waals surface area contributed by atoms with Crippen LogP contribution in [-0.2, 0) is 4.79 Å². The molecule has 0 heterocycles. The van der Waals surface area contributed by atoms with Gasteiger partial charge in [0.25, 0.3) is 5.91 Å². The summed E-state index contributed by atoms with van der Waals surface area (Å²) in [6.07, 6.45) is 0. The first-order chi connectivity index (χ1) is 9.90. The maximum atomic E-state index is 12.6. The van der Waals surface area contributed by atoms with E-state index in [1.165, 1.54) is 4.90 Å². The van der Waals surface area contributed by atoms with E-state index >= 15 is 0 Å². The summed E-state index contributed by atoms with van der Waals surface area (Å²) in [6, 6.07) is 11.4. The van der Waals surface area contributed by atoms with E-state index in [0.29, 0.717) is 5.56 Å². The lowest BCUT2D eigenvalue weighted by Gasteiger charge is -2.20. The van der Waals surface area contributed by atoms with Gasteiger partial charge >= 0.3 is 5.97 Å². The van der Waals surface area contributed by atoms with Crippen molar-refractivity contribution in [3.63, 3.8) is 0 Å². The average Bonchev–Trinajstić information content (AvgIpc) is 2.45. The van der Waals surface area contributed by atoms with E-state index in [-0.39, 0.29) is 12.5 Å². The number of carbonyl (C=O) groups excluding carboxylic acids is 1. The van der Waals surface area contributed by atoms with Gasteiger partial charge < -0.3 is 10.0 Å². The van der Waals surface area contributed by atoms with Crippen molar-refractivity contribution < 1.29 is 14.7 Å². The molecule has 2 aromatic carbocycles. The Hall–Kier alpha value is -1.88. The van der Waals surface area contributed by atoms with Gasteiger partial charge in [0.2, 0.25) is 0 Å². The SMILES string of the molecule is CC(CN(C)C(=O)c1cc(Br)cc2ccccc12)C(=O)O. The van der Waals surface area contributed by atoms with Gasteiger partial charge in [-0.2, -0.15) is 0 Å². The lowest BCUT2D eigenvalue weighted by molar-refractivity contribution is -0.141. The van der Waals surface area contributed by atoms with Gasteiger partial charge in [0.1, 0.15) is 0 Å². The molecule has 0 saturated carbocycles. The fraction of sp³-hybridized carbons (Fsp3) is 0.250. The summed E-state index contributed by atoms with van der Waals surface area (Å²) in [5.74, 6) is -1.69. The third kappa shape index (κ3) is 3.42. The van der Waals surface area contributed by atoms with Crippen LogP contribution in [0.1, 0.15) is 17.3 Å². The van der Waals surface area contributed by atoms with Crippen LogP contribution in [-0.4, -0.2) is 35.5 Å². The smallest absolute Gasteiger partial charge is 0.308 e. The zero-order valence-electron chi connectivity index (χ0n) is 11.8. The molecule has 0 aliphatic carbocycles. The molecule has 0 spiro atoms. The molecule has 1 atom stereocenters. The van der Waals surface area contributed by atoms with Crippen molar-refractivity contribution in [1.29, 1.82) is 0 Å². The number of nitrogens with zero attached hydrogens (tertiary/aromatic N) is 1. The number of aliphatic carboxylic acids is 1. The second kappa shape index (κ2) is 6.26. The van der Waals surface area contributed by atoms with E-state index in [4.69, 9.17) is 5.11 Å². The van der Waals surface area contributed by atoms with Crippen molar-refractivity contribution in [3.8, 4) is 0 Å². The van der Waals surface area contributed by atoms with Gasteiger partial charge in [0.05, 0.1) is 5.92 Å². The fourth-order valence-corrected chi connectivity index (χ4v) is 2.70. The van der Waals surface area contributed by atoms with Crippen LogP contribution in [0.4, 0.5) is 0 Å². The molecule has 0 aliphatic rings. The number of carboxylic acids is 1. The molecule has 0 bridgehead atoms. The molecule has 21 heavy (non-hydrogen) atoms. The summed E-state index contributed by atoms with van der Waals surface area (Å²) in [5, 5.41) is 10.8. The highest BCUT2D eigenvalue weighted by Crippen LogP contribution is 2.25. The molecular weight excluding hydrogens is 334 g/mol. The summed E-state index contributed by atoms with van der Waals surface area (Å²) in [5.41, 5.74) is 0.570. The summed E-state index contributed by atoms with van der Waals surface area (Å²) in [4.78, 5) is 24.9. The first kappa shape index (κ1) is 15.5. The molecule has 110 valence electrons. The molecule has 0 aliphatic heterocycles. The summed E-state index contributed by atoms with van der Waals surface area (Å²) in [7, 11) is 1.62. The molecule has 5 heteroatoms. The van der Waals surface area contributed by atoms with Gasteiger partial charge in [-0.1, -0.05) is 47.1 Å². The summed E-state index contributed by atoms with van der Waals surface area (Å²) < 4.78 is 0.823. The second-order valence-corrected chi connectivity index (χ2v) is 6.02. The molecule has 0 saturated heterocycles. The second-order valence-electron chi connectivity index (χ2n) is 5.10. The van der Waals surface area contributed by atoms with Gasteiger partial charge in [-0.15, -0.1) is 0 Å². The standard InChI is InChI=1S/C16H16BrNO3/c1-10(16(20)21)9-18(2)15(19)14-8-12(17)7-11-5-3-4-6-13(11)14/h3-8,10H,9H2,1-2H3,(H,20,21).